The first-order chi connectivity index (χ1) is 8.08. The number of H-pyrrole nitrogens is 1. The van der Waals surface area contributed by atoms with Crippen molar-refractivity contribution in [2.75, 3.05) is 0 Å². The Labute approximate surface area is 101 Å². The number of carbonyl (C=O) groups is 1. The average Bonchev–Trinajstić information content (AvgIpc) is 2.72. The summed E-state index contributed by atoms with van der Waals surface area (Å²) in [4.78, 5) is 14.8. The second-order valence-corrected chi connectivity index (χ2v) is 4.29. The maximum atomic E-state index is 11.5. The topological polar surface area (TPSA) is 44.9 Å². The van der Waals surface area contributed by atoms with E-state index in [2.05, 4.69) is 22.9 Å². The molecule has 1 aromatic carbocycles. The Kier molecular flexibility index (Phi) is 3.00. The van der Waals surface area contributed by atoms with Crippen molar-refractivity contribution < 1.29 is 4.79 Å². The molecule has 0 saturated heterocycles. The zero-order valence-electron chi connectivity index (χ0n) is 10.1. The number of fused-ring (bicyclic) bond motifs is 1. The molecule has 17 heavy (non-hydrogen) atoms. The molecule has 3 nitrogen and oxygen atoms in total. The van der Waals surface area contributed by atoms with Crippen LogP contribution in [0.2, 0.25) is 0 Å². The lowest BCUT2D eigenvalue weighted by Crippen LogP contribution is -2.27. The summed E-state index contributed by atoms with van der Waals surface area (Å²) in [5, 5.41) is 4.04. The van der Waals surface area contributed by atoms with E-state index in [9.17, 15) is 4.79 Å². The monoisotopic (exact) mass is 228 g/mol. The van der Waals surface area contributed by atoms with Gasteiger partial charge in [-0.2, -0.15) is 0 Å². The number of nitrogens with one attached hydrogen (secondary N) is 2. The summed E-state index contributed by atoms with van der Waals surface area (Å²) in [6.07, 6.45) is 0. The van der Waals surface area contributed by atoms with Gasteiger partial charge in [-0.05, 0) is 31.4 Å². The van der Waals surface area contributed by atoms with E-state index in [1.807, 2.05) is 31.2 Å². The van der Waals surface area contributed by atoms with Crippen LogP contribution in [-0.2, 0) is 4.79 Å². The Hall–Kier alpha value is -2.03. The minimum atomic E-state index is -0.115. The normalized spacial score (nSPS) is 12.4. The van der Waals surface area contributed by atoms with Gasteiger partial charge >= 0.3 is 0 Å². The smallest absolute Gasteiger partial charge is 0.246 e. The molecule has 0 fully saturated rings. The number of carbonyl (C=O) groups excluding carboxylic acids is 1. The van der Waals surface area contributed by atoms with Crippen molar-refractivity contribution in [2.45, 2.75) is 19.9 Å². The highest BCUT2D eigenvalue weighted by atomic mass is 16.1. The molecular formula is C14H16N2O. The van der Waals surface area contributed by atoms with Crippen molar-refractivity contribution in [3.63, 3.8) is 0 Å². The fourth-order valence-electron chi connectivity index (χ4n) is 1.73. The van der Waals surface area contributed by atoms with E-state index >= 15 is 0 Å². The predicted molar refractivity (Wildman–Crippen MR) is 69.7 cm³/mol. The Bertz CT molecular complexity index is 535. The first-order valence-electron chi connectivity index (χ1n) is 5.62. The van der Waals surface area contributed by atoms with E-state index in [1.54, 1.807) is 6.92 Å². The molecule has 1 aromatic heterocycles. The van der Waals surface area contributed by atoms with Gasteiger partial charge in [-0.1, -0.05) is 24.8 Å². The second kappa shape index (κ2) is 4.45. The van der Waals surface area contributed by atoms with Crippen LogP contribution < -0.4 is 5.32 Å². The van der Waals surface area contributed by atoms with Crippen molar-refractivity contribution in [3.8, 4) is 0 Å². The zero-order chi connectivity index (χ0) is 12.4. The summed E-state index contributed by atoms with van der Waals surface area (Å²) in [6, 6.07) is 10.1. The lowest BCUT2D eigenvalue weighted by Gasteiger charge is -2.12. The minimum absolute atomic E-state index is 0.0494. The van der Waals surface area contributed by atoms with Gasteiger partial charge in [-0.15, -0.1) is 0 Å². The number of hydrogen-bond acceptors (Lipinski definition) is 1. The van der Waals surface area contributed by atoms with Crippen molar-refractivity contribution >= 4 is 16.8 Å². The zero-order valence-corrected chi connectivity index (χ0v) is 10.1. The minimum Gasteiger partial charge on any atom is -0.357 e. The van der Waals surface area contributed by atoms with Gasteiger partial charge in [0.05, 0.1) is 6.04 Å². The van der Waals surface area contributed by atoms with Crippen molar-refractivity contribution in [1.29, 1.82) is 0 Å². The molecule has 0 aliphatic carbocycles. The van der Waals surface area contributed by atoms with Crippen LogP contribution >= 0.6 is 0 Å². The SMILES string of the molecule is C=C(C)C(=O)NC(C)c1cc2ccccc2[nH]1. The van der Waals surface area contributed by atoms with E-state index < -0.39 is 0 Å². The highest BCUT2D eigenvalue weighted by Crippen LogP contribution is 2.19. The molecule has 0 spiro atoms. The van der Waals surface area contributed by atoms with Gasteiger partial charge < -0.3 is 10.3 Å². The van der Waals surface area contributed by atoms with Crippen LogP contribution in [-0.4, -0.2) is 10.9 Å². The van der Waals surface area contributed by atoms with Crippen molar-refractivity contribution in [2.24, 2.45) is 0 Å². The number of benzene rings is 1. The van der Waals surface area contributed by atoms with Gasteiger partial charge in [0.15, 0.2) is 0 Å². The molecule has 0 aliphatic rings. The molecule has 2 rings (SSSR count). The number of para-hydroxylation sites is 1. The fourth-order valence-corrected chi connectivity index (χ4v) is 1.73. The highest BCUT2D eigenvalue weighted by Gasteiger charge is 2.11. The van der Waals surface area contributed by atoms with Gasteiger partial charge in [0.25, 0.3) is 0 Å². The summed E-state index contributed by atoms with van der Waals surface area (Å²) in [5.41, 5.74) is 2.60. The third-order valence-electron chi connectivity index (χ3n) is 2.75. The fraction of sp³-hybridized carbons (Fsp3) is 0.214. The molecule has 0 saturated carbocycles. The molecule has 1 heterocycles. The molecule has 88 valence electrons. The third kappa shape index (κ3) is 2.38. The number of hydrogen-bond donors (Lipinski definition) is 2. The van der Waals surface area contributed by atoms with Crippen LogP contribution in [0, 0.1) is 0 Å². The molecule has 3 heteroatoms. The summed E-state index contributed by atoms with van der Waals surface area (Å²) < 4.78 is 0. The summed E-state index contributed by atoms with van der Waals surface area (Å²) in [7, 11) is 0. The van der Waals surface area contributed by atoms with Crippen LogP contribution in [0.1, 0.15) is 25.6 Å². The maximum Gasteiger partial charge on any atom is 0.246 e. The van der Waals surface area contributed by atoms with Gasteiger partial charge in [0, 0.05) is 16.8 Å². The number of amides is 1. The first kappa shape index (κ1) is 11.5. The third-order valence-corrected chi connectivity index (χ3v) is 2.75. The van der Waals surface area contributed by atoms with E-state index in [0.717, 1.165) is 16.6 Å². The molecule has 0 aliphatic heterocycles. The second-order valence-electron chi connectivity index (χ2n) is 4.29. The number of rotatable bonds is 3. The Morgan fingerprint density at radius 1 is 1.41 bits per heavy atom. The van der Waals surface area contributed by atoms with Gasteiger partial charge in [0.1, 0.15) is 0 Å². The van der Waals surface area contributed by atoms with Crippen LogP contribution in [0.4, 0.5) is 0 Å². The largest absolute Gasteiger partial charge is 0.357 e. The van der Waals surface area contributed by atoms with E-state index in [0.29, 0.717) is 5.57 Å². The standard InChI is InChI=1S/C14H16N2O/c1-9(2)14(17)15-10(3)13-8-11-6-4-5-7-12(11)16-13/h4-8,10,16H,1H2,2-3H3,(H,15,17). The molecular weight excluding hydrogens is 212 g/mol. The van der Waals surface area contributed by atoms with Crippen LogP contribution in [0.5, 0.6) is 0 Å². The quantitative estimate of drug-likeness (QED) is 0.779. The Morgan fingerprint density at radius 2 is 2.12 bits per heavy atom. The predicted octanol–water partition coefficient (Wildman–Crippen LogP) is 2.92. The molecule has 1 atom stereocenters. The molecule has 2 aromatic rings. The van der Waals surface area contributed by atoms with E-state index in [1.165, 1.54) is 0 Å². The van der Waals surface area contributed by atoms with E-state index in [-0.39, 0.29) is 11.9 Å². The van der Waals surface area contributed by atoms with Gasteiger partial charge in [-0.3, -0.25) is 4.79 Å². The van der Waals surface area contributed by atoms with Crippen LogP contribution in [0.25, 0.3) is 10.9 Å². The van der Waals surface area contributed by atoms with Crippen LogP contribution in [0.15, 0.2) is 42.5 Å². The molecule has 2 N–H and O–H groups in total. The van der Waals surface area contributed by atoms with E-state index in [4.69, 9.17) is 0 Å². The Morgan fingerprint density at radius 3 is 2.76 bits per heavy atom. The summed E-state index contributed by atoms with van der Waals surface area (Å²) >= 11 is 0. The maximum absolute atomic E-state index is 11.5. The summed E-state index contributed by atoms with van der Waals surface area (Å²) in [6.45, 7) is 7.27. The lowest BCUT2D eigenvalue weighted by atomic mass is 10.2. The lowest BCUT2D eigenvalue weighted by molar-refractivity contribution is -0.118. The van der Waals surface area contributed by atoms with Gasteiger partial charge in [-0.25, -0.2) is 0 Å². The Balaban J connectivity index is 2.22. The number of aromatic amines is 1. The van der Waals surface area contributed by atoms with Gasteiger partial charge in [0.2, 0.25) is 5.91 Å². The molecule has 1 amide bonds. The molecule has 1 unspecified atom stereocenters. The molecule has 0 radical (unpaired) electrons. The van der Waals surface area contributed by atoms with Crippen LogP contribution in [0.3, 0.4) is 0 Å². The molecule has 0 bridgehead atoms. The van der Waals surface area contributed by atoms with Crippen molar-refractivity contribution in [1.82, 2.24) is 10.3 Å². The van der Waals surface area contributed by atoms with Crippen molar-refractivity contribution in [3.05, 3.63) is 48.2 Å². The number of aromatic nitrogens is 1. The first-order valence-corrected chi connectivity index (χ1v) is 5.62. The summed E-state index contributed by atoms with van der Waals surface area (Å²) in [5.74, 6) is -0.115. The highest BCUT2D eigenvalue weighted by molar-refractivity contribution is 5.92. The average molecular weight is 228 g/mol.